The average molecular weight is 410 g/mol. The number of ether oxygens (including phenoxy) is 1. The Morgan fingerprint density at radius 3 is 2.50 bits per heavy atom. The molecule has 1 amide bonds. The molecule has 148 valence electrons. The highest BCUT2D eigenvalue weighted by molar-refractivity contribution is 6.33. The lowest BCUT2D eigenvalue weighted by molar-refractivity contribution is -0.384. The molecule has 8 nitrogen and oxygen atoms in total. The molecule has 0 aliphatic heterocycles. The molecule has 0 bridgehead atoms. The molecule has 0 saturated heterocycles. The van der Waals surface area contributed by atoms with Crippen LogP contribution in [0.4, 0.5) is 21.5 Å². The molecular formula is C18H17ClFN3O5. The quantitative estimate of drug-likeness (QED) is 0.444. The van der Waals surface area contributed by atoms with Gasteiger partial charge in [0, 0.05) is 26.2 Å². The number of nitro groups is 1. The molecule has 0 fully saturated rings. The van der Waals surface area contributed by atoms with E-state index in [1.165, 1.54) is 25.1 Å². The van der Waals surface area contributed by atoms with Gasteiger partial charge in [0.2, 0.25) is 0 Å². The average Bonchev–Trinajstić information content (AvgIpc) is 2.63. The fraction of sp³-hybridized carbons (Fsp3) is 0.222. The zero-order valence-electron chi connectivity index (χ0n) is 15.2. The maximum Gasteiger partial charge on any atom is 0.341 e. The van der Waals surface area contributed by atoms with Crippen molar-refractivity contribution in [2.24, 2.45) is 0 Å². The Balaban J connectivity index is 2.18. The van der Waals surface area contributed by atoms with Crippen LogP contribution in [-0.4, -0.2) is 37.0 Å². The predicted octanol–water partition coefficient (Wildman–Crippen LogP) is 3.64. The summed E-state index contributed by atoms with van der Waals surface area (Å²) in [5.74, 6) is -2.16. The Hall–Kier alpha value is -3.20. The number of nitrogens with zero attached hydrogens (tertiary/aromatic N) is 2. The van der Waals surface area contributed by atoms with Gasteiger partial charge in [-0.25, -0.2) is 9.18 Å². The number of carbonyl (C=O) groups excluding carboxylic acids is 2. The highest BCUT2D eigenvalue weighted by atomic mass is 35.5. The van der Waals surface area contributed by atoms with Crippen LogP contribution in [-0.2, 0) is 9.53 Å². The molecule has 0 saturated carbocycles. The largest absolute Gasteiger partial charge is 0.449 e. The van der Waals surface area contributed by atoms with Crippen molar-refractivity contribution in [3.05, 3.63) is 62.9 Å². The van der Waals surface area contributed by atoms with Crippen molar-refractivity contribution in [1.82, 2.24) is 0 Å². The van der Waals surface area contributed by atoms with E-state index in [0.717, 1.165) is 18.2 Å². The number of anilines is 2. The van der Waals surface area contributed by atoms with Gasteiger partial charge < -0.3 is 15.0 Å². The van der Waals surface area contributed by atoms with E-state index in [1.807, 2.05) is 0 Å². The molecule has 0 aliphatic carbocycles. The van der Waals surface area contributed by atoms with Gasteiger partial charge in [-0.15, -0.1) is 0 Å². The second kappa shape index (κ2) is 8.66. The van der Waals surface area contributed by atoms with Crippen molar-refractivity contribution in [1.29, 1.82) is 0 Å². The molecule has 2 rings (SSSR count). The highest BCUT2D eigenvalue weighted by Crippen LogP contribution is 2.26. The Kier molecular flexibility index (Phi) is 6.53. The van der Waals surface area contributed by atoms with Crippen LogP contribution in [0, 0.1) is 15.9 Å². The first-order chi connectivity index (χ1) is 13.1. The first-order valence-electron chi connectivity index (χ1n) is 8.02. The van der Waals surface area contributed by atoms with E-state index >= 15 is 0 Å². The van der Waals surface area contributed by atoms with E-state index in [9.17, 15) is 24.1 Å². The molecular weight excluding hydrogens is 393 g/mol. The zero-order valence-corrected chi connectivity index (χ0v) is 16.0. The van der Waals surface area contributed by atoms with Gasteiger partial charge in [-0.05, 0) is 31.2 Å². The Labute approximate surface area is 165 Å². The minimum absolute atomic E-state index is 0.0135. The van der Waals surface area contributed by atoms with E-state index in [4.69, 9.17) is 16.3 Å². The predicted molar refractivity (Wildman–Crippen MR) is 102 cm³/mol. The number of non-ortho nitro benzene ring substituents is 1. The molecule has 0 radical (unpaired) electrons. The maximum absolute atomic E-state index is 13.1. The summed E-state index contributed by atoms with van der Waals surface area (Å²) in [5, 5.41) is 13.4. The summed E-state index contributed by atoms with van der Waals surface area (Å²) >= 11 is 5.85. The third-order valence-electron chi connectivity index (χ3n) is 3.73. The van der Waals surface area contributed by atoms with E-state index < -0.39 is 28.7 Å². The van der Waals surface area contributed by atoms with Crippen molar-refractivity contribution in [2.75, 3.05) is 24.3 Å². The number of hydrogen-bond acceptors (Lipinski definition) is 6. The molecule has 0 aliphatic rings. The van der Waals surface area contributed by atoms with Gasteiger partial charge in [0.05, 0.1) is 26.9 Å². The van der Waals surface area contributed by atoms with E-state index in [1.54, 1.807) is 19.0 Å². The van der Waals surface area contributed by atoms with Crippen molar-refractivity contribution >= 4 is 40.5 Å². The number of nitro benzene ring substituents is 1. The third kappa shape index (κ3) is 4.95. The normalized spacial score (nSPS) is 11.5. The molecule has 0 unspecified atom stereocenters. The van der Waals surface area contributed by atoms with Crippen LogP contribution < -0.4 is 10.2 Å². The number of hydrogen-bond donors (Lipinski definition) is 1. The monoisotopic (exact) mass is 409 g/mol. The van der Waals surface area contributed by atoms with Crippen LogP contribution in [0.25, 0.3) is 0 Å². The van der Waals surface area contributed by atoms with E-state index in [-0.39, 0.29) is 22.0 Å². The zero-order chi connectivity index (χ0) is 21.0. The lowest BCUT2D eigenvalue weighted by Gasteiger charge is -2.18. The molecule has 28 heavy (non-hydrogen) atoms. The molecule has 0 aromatic heterocycles. The standard InChI is InChI=1S/C18H17ClFN3O5/c1-10(17(24)21-15-6-4-11(20)8-14(15)19)28-18(25)13-9-12(23(26)27)5-7-16(13)22(2)3/h4-10H,1-3H3,(H,21,24)/t10-/m1/s1. The summed E-state index contributed by atoms with van der Waals surface area (Å²) in [6.07, 6.45) is -1.23. The minimum Gasteiger partial charge on any atom is -0.449 e. The molecule has 10 heteroatoms. The van der Waals surface area contributed by atoms with Crippen molar-refractivity contribution in [3.8, 4) is 0 Å². The molecule has 0 spiro atoms. The van der Waals surface area contributed by atoms with Crippen molar-refractivity contribution in [3.63, 3.8) is 0 Å². The number of nitrogens with one attached hydrogen (secondary N) is 1. The summed E-state index contributed by atoms with van der Waals surface area (Å²) in [6.45, 7) is 1.33. The number of benzene rings is 2. The second-order valence-electron chi connectivity index (χ2n) is 6.01. The molecule has 0 heterocycles. The summed E-state index contributed by atoms with van der Waals surface area (Å²) in [4.78, 5) is 36.7. The topological polar surface area (TPSA) is 102 Å². The number of esters is 1. The van der Waals surface area contributed by atoms with E-state index in [2.05, 4.69) is 5.32 Å². The summed E-state index contributed by atoms with van der Waals surface area (Å²) in [7, 11) is 3.31. The molecule has 2 aromatic rings. The number of rotatable bonds is 6. The van der Waals surface area contributed by atoms with Gasteiger partial charge in [0.15, 0.2) is 6.10 Å². The van der Waals surface area contributed by atoms with Crippen LogP contribution in [0.1, 0.15) is 17.3 Å². The number of carbonyl (C=O) groups is 2. The van der Waals surface area contributed by atoms with Gasteiger partial charge >= 0.3 is 5.97 Å². The SMILES string of the molecule is C[C@@H](OC(=O)c1cc([N+](=O)[O-])ccc1N(C)C)C(=O)Nc1ccc(F)cc1Cl. The van der Waals surface area contributed by atoms with Gasteiger partial charge in [-0.1, -0.05) is 11.6 Å². The van der Waals surface area contributed by atoms with Crippen molar-refractivity contribution < 1.29 is 23.6 Å². The lowest BCUT2D eigenvalue weighted by Crippen LogP contribution is -2.30. The third-order valence-corrected chi connectivity index (χ3v) is 4.05. The smallest absolute Gasteiger partial charge is 0.341 e. The lowest BCUT2D eigenvalue weighted by atomic mass is 10.1. The van der Waals surface area contributed by atoms with Gasteiger partial charge in [0.25, 0.3) is 11.6 Å². The van der Waals surface area contributed by atoms with Crippen LogP contribution in [0.2, 0.25) is 5.02 Å². The van der Waals surface area contributed by atoms with Gasteiger partial charge in [-0.3, -0.25) is 14.9 Å². The van der Waals surface area contributed by atoms with Crippen LogP contribution in [0.5, 0.6) is 0 Å². The molecule has 2 aromatic carbocycles. The van der Waals surface area contributed by atoms with E-state index in [0.29, 0.717) is 5.69 Å². The molecule has 1 N–H and O–H groups in total. The number of halogens is 2. The number of amides is 1. The maximum atomic E-state index is 13.1. The minimum atomic E-state index is -1.23. The second-order valence-corrected chi connectivity index (χ2v) is 6.42. The Morgan fingerprint density at radius 1 is 1.25 bits per heavy atom. The van der Waals surface area contributed by atoms with Crippen LogP contribution >= 0.6 is 11.6 Å². The van der Waals surface area contributed by atoms with Gasteiger partial charge in [-0.2, -0.15) is 0 Å². The molecule has 1 atom stereocenters. The summed E-state index contributed by atoms with van der Waals surface area (Å²) < 4.78 is 18.2. The fourth-order valence-electron chi connectivity index (χ4n) is 2.29. The Bertz CT molecular complexity index is 935. The highest BCUT2D eigenvalue weighted by Gasteiger charge is 2.24. The van der Waals surface area contributed by atoms with Crippen LogP contribution in [0.3, 0.4) is 0 Å². The first-order valence-corrected chi connectivity index (χ1v) is 8.40. The Morgan fingerprint density at radius 2 is 1.93 bits per heavy atom. The first kappa shape index (κ1) is 21.1. The van der Waals surface area contributed by atoms with Crippen molar-refractivity contribution in [2.45, 2.75) is 13.0 Å². The fourth-order valence-corrected chi connectivity index (χ4v) is 2.51. The van der Waals surface area contributed by atoms with Gasteiger partial charge in [0.1, 0.15) is 5.82 Å². The summed E-state index contributed by atoms with van der Waals surface area (Å²) in [6, 6.07) is 7.18. The summed E-state index contributed by atoms with van der Waals surface area (Å²) in [5.41, 5.74) is 0.205. The van der Waals surface area contributed by atoms with Crippen LogP contribution in [0.15, 0.2) is 36.4 Å².